The van der Waals surface area contributed by atoms with Crippen molar-refractivity contribution in [3.63, 3.8) is 0 Å². The van der Waals surface area contributed by atoms with Gasteiger partial charge in [-0.05, 0) is 72.2 Å². The van der Waals surface area contributed by atoms with Gasteiger partial charge in [0.15, 0.2) is 0 Å². The average molecular weight is 573 g/mol. The summed E-state index contributed by atoms with van der Waals surface area (Å²) >= 11 is 0. The molecule has 0 aliphatic heterocycles. The Kier molecular flexibility index (Phi) is 2.13. The maximum Gasteiger partial charge on any atom is 0.143 e. The zero-order valence-corrected chi connectivity index (χ0v) is 21.4. The third-order valence-corrected chi connectivity index (χ3v) is 7.00. The second kappa shape index (κ2) is 9.44. The van der Waals surface area contributed by atoms with Gasteiger partial charge in [-0.3, -0.25) is 0 Å². The Hall–Kier alpha value is -5.66. The maximum absolute atomic E-state index is 9.83. The molecule has 9 aromatic rings. The average Bonchev–Trinajstić information content (AvgIpc) is 3.73. The molecule has 0 spiro atoms. The van der Waals surface area contributed by atoms with Gasteiger partial charge in [-0.15, -0.1) is 0 Å². The molecule has 0 fully saturated rings. The van der Waals surface area contributed by atoms with Gasteiger partial charge in [-0.2, -0.15) is 0 Å². The third-order valence-electron chi connectivity index (χ3n) is 7.00. The summed E-state index contributed by atoms with van der Waals surface area (Å²) in [4.78, 5) is 0. The van der Waals surface area contributed by atoms with Crippen molar-refractivity contribution >= 4 is 54.3 Å². The van der Waals surface area contributed by atoms with Crippen molar-refractivity contribution in [2.45, 2.75) is 0 Å². The van der Waals surface area contributed by atoms with E-state index in [1.54, 1.807) is 0 Å². The van der Waals surface area contributed by atoms with Crippen molar-refractivity contribution in [1.29, 1.82) is 0 Å². The smallest absolute Gasteiger partial charge is 0.143 e. The third kappa shape index (κ3) is 3.65. The fourth-order valence-electron chi connectivity index (χ4n) is 5.22. The Bertz CT molecular complexity index is 3850. The highest BCUT2D eigenvalue weighted by molar-refractivity contribution is 6.24. The van der Waals surface area contributed by atoms with Crippen molar-refractivity contribution in [1.82, 2.24) is 0 Å². The Morgan fingerprint density at radius 2 is 0.930 bits per heavy atom. The summed E-state index contributed by atoms with van der Waals surface area (Å²) in [5.41, 5.74) is -5.40. The van der Waals surface area contributed by atoms with Gasteiger partial charge >= 0.3 is 0 Å². The molecular weight excluding hydrogens is 520 g/mol. The van der Waals surface area contributed by atoms with Crippen LogP contribution < -0.4 is 0 Å². The molecule has 0 saturated heterocycles. The number of hydrogen-bond acceptors (Lipinski definition) is 1. The molecule has 43 heavy (non-hydrogen) atoms. The lowest BCUT2D eigenvalue weighted by molar-refractivity contribution is 0.670. The molecule has 200 valence electrons. The normalized spacial score (nSPS) is 20.2. The van der Waals surface area contributed by atoms with Gasteiger partial charge in [-0.25, -0.2) is 0 Å². The minimum absolute atomic E-state index is 0.542. The lowest BCUT2D eigenvalue weighted by Crippen LogP contribution is -1.91. The summed E-state index contributed by atoms with van der Waals surface area (Å²) in [6, 6.07) is -23.5. The first-order chi connectivity index (χ1) is 32.2. The number of benzene rings is 8. The minimum atomic E-state index is -0.984. The molecule has 0 bridgehead atoms. The van der Waals surface area contributed by atoms with Crippen molar-refractivity contribution < 1.29 is 40.1 Å². The summed E-state index contributed by atoms with van der Waals surface area (Å²) in [5, 5.41) is -5.17. The largest absolute Gasteiger partial charge is 0.455 e. The molecule has 0 unspecified atom stereocenters. The standard InChI is InChI=1S/C42H26O/c1-2-12-28(13-3-1)31-21-11-23-37-38-26-29(24-25-39(38)43-42(31)37)40-33-17-6-8-19-35(33)41(36-20-9-7-18-34(36)40)32-22-10-15-27-14-4-5-16-30(27)32/h1-26H/i1D,2D,3D,4D,5D,6D,7D,8D,9D,10D,11D,12D,13D,14D,15D,16D,17D,18D,19D,20D,21D,22D,23D,24D,25D,26D. The van der Waals surface area contributed by atoms with E-state index in [9.17, 15) is 11.0 Å². The van der Waals surface area contributed by atoms with E-state index in [2.05, 4.69) is 0 Å². The van der Waals surface area contributed by atoms with Gasteiger partial charge in [0.2, 0.25) is 0 Å². The van der Waals surface area contributed by atoms with Crippen LogP contribution in [0, 0.1) is 0 Å². The van der Waals surface area contributed by atoms with Crippen LogP contribution in [0.15, 0.2) is 162 Å². The van der Waals surface area contributed by atoms with E-state index in [0.717, 1.165) is 0 Å². The molecule has 0 radical (unpaired) electrons. The minimum Gasteiger partial charge on any atom is -0.455 e. The van der Waals surface area contributed by atoms with Crippen LogP contribution in [0.25, 0.3) is 87.6 Å². The van der Waals surface area contributed by atoms with Crippen molar-refractivity contribution in [2.24, 2.45) is 0 Å². The van der Waals surface area contributed by atoms with Crippen molar-refractivity contribution in [3.05, 3.63) is 157 Å². The molecule has 1 heterocycles. The van der Waals surface area contributed by atoms with Crippen LogP contribution in [-0.2, 0) is 0 Å². The first-order valence-corrected chi connectivity index (χ1v) is 12.7. The van der Waals surface area contributed by atoms with Gasteiger partial charge in [0.25, 0.3) is 0 Å². The molecule has 8 aromatic carbocycles. The molecule has 0 aliphatic rings. The number of para-hydroxylation sites is 1. The summed E-state index contributed by atoms with van der Waals surface area (Å²) in [5.74, 6) is 0. The molecule has 9 rings (SSSR count). The second-order valence-corrected chi connectivity index (χ2v) is 9.26. The van der Waals surface area contributed by atoms with Crippen molar-refractivity contribution in [2.75, 3.05) is 0 Å². The zero-order valence-electron chi connectivity index (χ0n) is 47.4. The van der Waals surface area contributed by atoms with Crippen LogP contribution in [0.1, 0.15) is 35.6 Å². The highest BCUT2D eigenvalue weighted by Gasteiger charge is 2.19. The molecule has 0 N–H and O–H groups in total. The predicted octanol–water partition coefficient (Wildman–Crippen LogP) is 12.0. The van der Waals surface area contributed by atoms with E-state index in [-0.39, 0.29) is 0 Å². The summed E-state index contributed by atoms with van der Waals surface area (Å²) < 4.78 is 238. The highest BCUT2D eigenvalue weighted by Crippen LogP contribution is 2.46. The SMILES string of the molecule is [2H]c1c([2H])c([2H])c(-c2c([2H])c([2H])c([2H])c3c2oc2c([2H])c([2H])c(-c4c5c([2H])c([2H])c([2H])c([2H])c5c(-c5c([2H])c([2H])c([2H])c6c([2H])c([2H])c([2H])c([2H])c56)c5c([2H])c([2H])c([2H])c([2H])c45)c([2H])c23)c([2H])c1[2H]. The van der Waals surface area contributed by atoms with E-state index in [0.29, 0.717) is 0 Å². The Morgan fingerprint density at radius 3 is 1.67 bits per heavy atom. The van der Waals surface area contributed by atoms with Crippen LogP contribution in [0.4, 0.5) is 0 Å². The zero-order chi connectivity index (χ0) is 51.0. The quantitative estimate of drug-likeness (QED) is 0.192. The van der Waals surface area contributed by atoms with Gasteiger partial charge < -0.3 is 4.42 Å². The Balaban J connectivity index is 1.61. The highest BCUT2D eigenvalue weighted by atomic mass is 16.3. The fourth-order valence-corrected chi connectivity index (χ4v) is 5.22. The Morgan fingerprint density at radius 1 is 0.372 bits per heavy atom. The van der Waals surface area contributed by atoms with Crippen LogP contribution in [0.2, 0.25) is 0 Å². The van der Waals surface area contributed by atoms with Crippen LogP contribution in [0.3, 0.4) is 0 Å². The van der Waals surface area contributed by atoms with Crippen LogP contribution in [-0.4, -0.2) is 0 Å². The first kappa shape index (κ1) is 9.69. The van der Waals surface area contributed by atoms with Gasteiger partial charge in [0.1, 0.15) is 11.2 Å². The fraction of sp³-hybridized carbons (Fsp3) is 0. The topological polar surface area (TPSA) is 13.1 Å². The monoisotopic (exact) mass is 572 g/mol. The lowest BCUT2D eigenvalue weighted by atomic mass is 9.84. The second-order valence-electron chi connectivity index (χ2n) is 9.26. The van der Waals surface area contributed by atoms with Crippen molar-refractivity contribution in [3.8, 4) is 33.4 Å². The van der Waals surface area contributed by atoms with Crippen LogP contribution in [0.5, 0.6) is 0 Å². The van der Waals surface area contributed by atoms with Gasteiger partial charge in [0.05, 0.1) is 35.6 Å². The molecule has 1 nitrogen and oxygen atoms in total. The van der Waals surface area contributed by atoms with E-state index < -0.39 is 245 Å². The van der Waals surface area contributed by atoms with Gasteiger partial charge in [0, 0.05) is 16.3 Å². The number of furan rings is 1. The molecule has 1 aromatic heterocycles. The van der Waals surface area contributed by atoms with E-state index in [1.165, 1.54) is 0 Å². The summed E-state index contributed by atoms with van der Waals surface area (Å²) in [7, 11) is 0. The number of rotatable bonds is 3. The molecule has 0 atom stereocenters. The molecule has 1 heteroatoms. The van der Waals surface area contributed by atoms with Gasteiger partial charge in [-0.1, -0.05) is 145 Å². The maximum atomic E-state index is 9.83. The molecule has 0 aliphatic carbocycles. The molecule has 0 amide bonds. The molecule has 0 saturated carbocycles. The van der Waals surface area contributed by atoms with E-state index in [4.69, 9.17) is 29.1 Å². The van der Waals surface area contributed by atoms with E-state index in [1.807, 2.05) is 0 Å². The van der Waals surface area contributed by atoms with E-state index >= 15 is 0 Å². The molecular formula is C42H26O. The predicted molar refractivity (Wildman–Crippen MR) is 183 cm³/mol. The number of hydrogen-bond donors (Lipinski definition) is 0. The number of fused-ring (bicyclic) bond motifs is 6. The summed E-state index contributed by atoms with van der Waals surface area (Å²) in [6.45, 7) is 0. The lowest BCUT2D eigenvalue weighted by Gasteiger charge is -2.18. The van der Waals surface area contributed by atoms with Crippen LogP contribution >= 0.6 is 0 Å². The summed E-state index contributed by atoms with van der Waals surface area (Å²) in [6.07, 6.45) is 0. The Labute approximate surface area is 285 Å². The first-order valence-electron chi connectivity index (χ1n) is 25.7.